The van der Waals surface area contributed by atoms with Crippen LogP contribution in [0.4, 0.5) is 0 Å². The van der Waals surface area contributed by atoms with Crippen molar-refractivity contribution in [2.24, 2.45) is 0 Å². The molecule has 0 spiro atoms. The molecule has 0 aliphatic carbocycles. The average molecular weight is 216 g/mol. The van der Waals surface area contributed by atoms with E-state index in [0.717, 1.165) is 5.56 Å². The number of rotatable bonds is 3. The van der Waals surface area contributed by atoms with Gasteiger partial charge in [0.2, 0.25) is 5.76 Å². The predicted molar refractivity (Wildman–Crippen MR) is 60.1 cm³/mol. The minimum Gasteiger partial charge on any atom is -0.460 e. The first kappa shape index (κ1) is 10.5. The molecule has 0 N–H and O–H groups in total. The Morgan fingerprint density at radius 3 is 2.62 bits per heavy atom. The van der Waals surface area contributed by atoms with Gasteiger partial charge in [0, 0.05) is 5.56 Å². The summed E-state index contributed by atoms with van der Waals surface area (Å²) in [7, 11) is 0. The second-order valence-corrected chi connectivity index (χ2v) is 3.25. The van der Waals surface area contributed by atoms with Gasteiger partial charge in [0.25, 0.3) is 0 Å². The number of benzene rings is 1. The highest BCUT2D eigenvalue weighted by Crippen LogP contribution is 2.21. The maximum Gasteiger partial charge on any atom is 0.374 e. The Balaban J connectivity index is 2.23. The van der Waals surface area contributed by atoms with Crippen LogP contribution in [-0.4, -0.2) is 12.6 Å². The van der Waals surface area contributed by atoms with Crippen LogP contribution in [0.1, 0.15) is 17.5 Å². The molecule has 2 rings (SSSR count). The molecule has 0 atom stereocenters. The van der Waals surface area contributed by atoms with Crippen molar-refractivity contribution in [3.8, 4) is 11.3 Å². The molecule has 0 amide bonds. The van der Waals surface area contributed by atoms with E-state index < -0.39 is 5.97 Å². The fraction of sp³-hybridized carbons (Fsp3) is 0.154. The van der Waals surface area contributed by atoms with Gasteiger partial charge < -0.3 is 9.15 Å². The van der Waals surface area contributed by atoms with Gasteiger partial charge in [0.05, 0.1) is 6.61 Å². The monoisotopic (exact) mass is 216 g/mol. The highest BCUT2D eigenvalue weighted by Gasteiger charge is 2.12. The van der Waals surface area contributed by atoms with E-state index in [1.54, 1.807) is 19.1 Å². The zero-order valence-corrected chi connectivity index (χ0v) is 8.97. The molecule has 0 fully saturated rings. The van der Waals surface area contributed by atoms with Crippen molar-refractivity contribution < 1.29 is 13.9 Å². The topological polar surface area (TPSA) is 39.4 Å². The van der Waals surface area contributed by atoms with E-state index >= 15 is 0 Å². The van der Waals surface area contributed by atoms with Gasteiger partial charge in [-0.15, -0.1) is 0 Å². The van der Waals surface area contributed by atoms with Crippen LogP contribution in [0.2, 0.25) is 0 Å². The smallest absolute Gasteiger partial charge is 0.374 e. The van der Waals surface area contributed by atoms with Crippen LogP contribution in [0.15, 0.2) is 46.9 Å². The molecule has 0 bridgehead atoms. The zero-order valence-electron chi connectivity index (χ0n) is 8.97. The lowest BCUT2D eigenvalue weighted by Crippen LogP contribution is -2.02. The third kappa shape index (κ3) is 2.14. The molecule has 0 unspecified atom stereocenters. The van der Waals surface area contributed by atoms with Gasteiger partial charge in [-0.3, -0.25) is 0 Å². The first-order valence-electron chi connectivity index (χ1n) is 5.13. The number of hydrogen-bond donors (Lipinski definition) is 0. The molecule has 0 aliphatic heterocycles. The van der Waals surface area contributed by atoms with Gasteiger partial charge in [-0.25, -0.2) is 4.79 Å². The summed E-state index contributed by atoms with van der Waals surface area (Å²) in [5.74, 6) is 0.481. The van der Waals surface area contributed by atoms with E-state index in [9.17, 15) is 4.79 Å². The molecular weight excluding hydrogens is 204 g/mol. The van der Waals surface area contributed by atoms with Crippen LogP contribution in [0.25, 0.3) is 11.3 Å². The van der Waals surface area contributed by atoms with E-state index in [4.69, 9.17) is 9.15 Å². The molecule has 1 aromatic heterocycles. The van der Waals surface area contributed by atoms with Crippen LogP contribution in [0.5, 0.6) is 0 Å². The van der Waals surface area contributed by atoms with Gasteiger partial charge in [-0.05, 0) is 19.1 Å². The Morgan fingerprint density at radius 1 is 1.19 bits per heavy atom. The molecular formula is C13H12O3. The Labute approximate surface area is 93.7 Å². The molecule has 16 heavy (non-hydrogen) atoms. The standard InChI is InChI=1S/C13H12O3/c1-2-15-13(14)12-9-8-11(16-12)10-6-4-3-5-7-10/h3-9H,2H2,1H3. The largest absolute Gasteiger partial charge is 0.460 e. The highest BCUT2D eigenvalue weighted by atomic mass is 16.5. The summed E-state index contributed by atoms with van der Waals surface area (Å²) in [6, 6.07) is 13.0. The van der Waals surface area contributed by atoms with Crippen LogP contribution in [-0.2, 0) is 4.74 Å². The second kappa shape index (κ2) is 4.66. The summed E-state index contributed by atoms with van der Waals surface area (Å²) in [5.41, 5.74) is 0.943. The van der Waals surface area contributed by atoms with Crippen molar-refractivity contribution in [1.29, 1.82) is 0 Å². The average Bonchev–Trinajstić information content (AvgIpc) is 2.80. The number of esters is 1. The fourth-order valence-corrected chi connectivity index (χ4v) is 1.41. The quantitative estimate of drug-likeness (QED) is 0.740. The van der Waals surface area contributed by atoms with Crippen molar-refractivity contribution in [2.45, 2.75) is 6.92 Å². The molecule has 0 radical (unpaired) electrons. The van der Waals surface area contributed by atoms with Crippen LogP contribution >= 0.6 is 0 Å². The lowest BCUT2D eigenvalue weighted by Gasteiger charge is -1.97. The van der Waals surface area contributed by atoms with E-state index in [0.29, 0.717) is 12.4 Å². The minimum absolute atomic E-state index is 0.237. The van der Waals surface area contributed by atoms with Crippen molar-refractivity contribution in [2.75, 3.05) is 6.61 Å². The molecule has 0 aliphatic rings. The Hall–Kier alpha value is -2.03. The first-order chi connectivity index (χ1) is 7.81. The Kier molecular flexibility index (Phi) is 3.05. The van der Waals surface area contributed by atoms with Crippen molar-refractivity contribution in [3.63, 3.8) is 0 Å². The third-order valence-corrected chi connectivity index (χ3v) is 2.14. The van der Waals surface area contributed by atoms with Crippen molar-refractivity contribution >= 4 is 5.97 Å². The van der Waals surface area contributed by atoms with E-state index in [-0.39, 0.29) is 5.76 Å². The maximum atomic E-state index is 11.4. The Morgan fingerprint density at radius 2 is 1.94 bits per heavy atom. The summed E-state index contributed by atoms with van der Waals surface area (Å²) < 4.78 is 10.3. The van der Waals surface area contributed by atoms with Crippen molar-refractivity contribution in [3.05, 3.63) is 48.2 Å². The molecule has 82 valence electrons. The second-order valence-electron chi connectivity index (χ2n) is 3.25. The maximum absolute atomic E-state index is 11.4. The molecule has 1 aromatic carbocycles. The summed E-state index contributed by atoms with van der Waals surface area (Å²) >= 11 is 0. The first-order valence-corrected chi connectivity index (χ1v) is 5.13. The van der Waals surface area contributed by atoms with Gasteiger partial charge in [-0.1, -0.05) is 30.3 Å². The van der Waals surface area contributed by atoms with E-state index in [2.05, 4.69) is 0 Å². The summed E-state index contributed by atoms with van der Waals surface area (Å²) in [5, 5.41) is 0. The number of carbonyl (C=O) groups excluding carboxylic acids is 1. The van der Waals surface area contributed by atoms with Crippen molar-refractivity contribution in [1.82, 2.24) is 0 Å². The number of furan rings is 1. The lowest BCUT2D eigenvalue weighted by atomic mass is 10.2. The van der Waals surface area contributed by atoms with Crippen LogP contribution in [0.3, 0.4) is 0 Å². The highest BCUT2D eigenvalue weighted by molar-refractivity contribution is 5.87. The van der Waals surface area contributed by atoms with Gasteiger partial charge in [0.1, 0.15) is 5.76 Å². The van der Waals surface area contributed by atoms with E-state index in [1.165, 1.54) is 0 Å². The molecule has 0 saturated heterocycles. The molecule has 3 heteroatoms. The number of hydrogen-bond acceptors (Lipinski definition) is 3. The van der Waals surface area contributed by atoms with Crippen LogP contribution in [0, 0.1) is 0 Å². The summed E-state index contributed by atoms with van der Waals surface area (Å²) in [4.78, 5) is 11.4. The molecule has 0 saturated carbocycles. The predicted octanol–water partition coefficient (Wildman–Crippen LogP) is 3.12. The number of ether oxygens (including phenoxy) is 1. The zero-order chi connectivity index (χ0) is 11.4. The lowest BCUT2D eigenvalue weighted by molar-refractivity contribution is 0.0491. The SMILES string of the molecule is CCOC(=O)c1ccc(-c2ccccc2)o1. The Bertz CT molecular complexity index is 471. The number of carbonyl (C=O) groups is 1. The van der Waals surface area contributed by atoms with Gasteiger partial charge in [-0.2, -0.15) is 0 Å². The van der Waals surface area contributed by atoms with Gasteiger partial charge in [0.15, 0.2) is 0 Å². The minimum atomic E-state index is -0.426. The van der Waals surface area contributed by atoms with Gasteiger partial charge >= 0.3 is 5.97 Å². The van der Waals surface area contributed by atoms with E-state index in [1.807, 2.05) is 30.3 Å². The third-order valence-electron chi connectivity index (χ3n) is 2.14. The normalized spacial score (nSPS) is 10.1. The summed E-state index contributed by atoms with van der Waals surface area (Å²) in [6.45, 7) is 2.11. The van der Waals surface area contributed by atoms with Crippen LogP contribution < -0.4 is 0 Å². The molecule has 3 nitrogen and oxygen atoms in total. The molecule has 1 heterocycles. The molecule has 2 aromatic rings. The summed E-state index contributed by atoms with van der Waals surface area (Å²) in [6.07, 6.45) is 0. The fourth-order valence-electron chi connectivity index (χ4n) is 1.41.